The van der Waals surface area contributed by atoms with Gasteiger partial charge < -0.3 is 25.1 Å². The van der Waals surface area contributed by atoms with Crippen LogP contribution in [0.2, 0.25) is 36.1 Å². The van der Waals surface area contributed by atoms with Gasteiger partial charge in [-0.25, -0.2) is 4.98 Å². The van der Waals surface area contributed by atoms with E-state index in [9.17, 15) is 13.2 Å². The maximum atomic E-state index is 13.8. The van der Waals surface area contributed by atoms with Crippen molar-refractivity contribution in [2.24, 2.45) is 0 Å². The number of alkyl halides is 3. The Morgan fingerprint density at radius 1 is 1.11 bits per heavy atom. The minimum absolute atomic E-state index is 0.0198. The van der Waals surface area contributed by atoms with Crippen LogP contribution in [0, 0.1) is 0 Å². The van der Waals surface area contributed by atoms with Gasteiger partial charge in [0.25, 0.3) is 0 Å². The summed E-state index contributed by atoms with van der Waals surface area (Å²) >= 11 is 11.9. The number of nitrogens with one attached hydrogen (secondary N) is 1. The zero-order valence-corrected chi connectivity index (χ0v) is 22.1. The van der Waals surface area contributed by atoms with Crippen LogP contribution in [0.15, 0.2) is 18.3 Å². The fraction of sp³-hybridized carbons (Fsp3) is 0.476. The molecule has 0 amide bonds. The van der Waals surface area contributed by atoms with E-state index in [1.54, 1.807) is 6.07 Å². The van der Waals surface area contributed by atoms with Gasteiger partial charge in [-0.3, -0.25) is 0 Å². The number of hydrogen-bond acceptors (Lipinski definition) is 7. The summed E-state index contributed by atoms with van der Waals surface area (Å²) in [5.74, 6) is 0.170. The highest BCUT2D eigenvalue weighted by Gasteiger charge is 2.36. The predicted molar refractivity (Wildman–Crippen MR) is 134 cm³/mol. The van der Waals surface area contributed by atoms with E-state index in [1.807, 2.05) is 0 Å². The Balaban J connectivity index is 1.74. The highest BCUT2D eigenvalue weighted by Crippen LogP contribution is 2.39. The van der Waals surface area contributed by atoms with Gasteiger partial charge in [0.05, 0.1) is 23.2 Å². The van der Waals surface area contributed by atoms with Crippen LogP contribution in [0.25, 0.3) is 11.0 Å². The summed E-state index contributed by atoms with van der Waals surface area (Å²) in [5, 5.41) is 2.80. The number of nitrogen functional groups attached to an aromatic ring is 1. The van der Waals surface area contributed by atoms with E-state index in [2.05, 4.69) is 39.9 Å². The minimum atomic E-state index is -4.62. The number of pyridine rings is 1. The lowest BCUT2D eigenvalue weighted by Crippen LogP contribution is -2.22. The van der Waals surface area contributed by atoms with Crippen molar-refractivity contribution in [3.8, 4) is 5.88 Å². The highest BCUT2D eigenvalue weighted by molar-refractivity contribution is 6.76. The largest absolute Gasteiger partial charge is 0.476 e. The van der Waals surface area contributed by atoms with E-state index in [0.717, 1.165) is 12.2 Å². The summed E-state index contributed by atoms with van der Waals surface area (Å²) in [6.45, 7) is 7.40. The number of nitrogens with two attached hydrogens (primary N) is 1. The van der Waals surface area contributed by atoms with Crippen molar-refractivity contribution in [1.82, 2.24) is 19.5 Å². The van der Waals surface area contributed by atoms with Crippen molar-refractivity contribution in [3.63, 3.8) is 0 Å². The third-order valence-corrected chi connectivity index (χ3v) is 7.01. The second-order valence-corrected chi connectivity index (χ2v) is 15.4. The molecular weight excluding hydrogens is 524 g/mol. The van der Waals surface area contributed by atoms with E-state index in [-0.39, 0.29) is 53.1 Å². The van der Waals surface area contributed by atoms with E-state index in [4.69, 9.17) is 38.4 Å². The minimum Gasteiger partial charge on any atom is -0.476 e. The molecule has 3 aromatic rings. The number of hydrogen-bond donors (Lipinski definition) is 2. The van der Waals surface area contributed by atoms with Crippen LogP contribution in [-0.2, 0) is 17.6 Å². The van der Waals surface area contributed by atoms with Gasteiger partial charge in [0.1, 0.15) is 23.3 Å². The maximum Gasteiger partial charge on any atom is 0.418 e. The molecule has 0 aliphatic rings. The van der Waals surface area contributed by atoms with Gasteiger partial charge in [-0.2, -0.15) is 23.1 Å². The summed E-state index contributed by atoms with van der Waals surface area (Å²) in [4.78, 5) is 12.0. The summed E-state index contributed by atoms with van der Waals surface area (Å²) < 4.78 is 54.0. The molecule has 0 aliphatic heterocycles. The molecule has 0 atom stereocenters. The molecule has 3 rings (SSSR count). The molecule has 14 heteroatoms. The van der Waals surface area contributed by atoms with Crippen LogP contribution < -0.4 is 15.8 Å². The highest BCUT2D eigenvalue weighted by atomic mass is 35.5. The van der Waals surface area contributed by atoms with Crippen LogP contribution >= 0.6 is 23.2 Å². The zero-order valence-electron chi connectivity index (χ0n) is 19.5. The molecule has 35 heavy (non-hydrogen) atoms. The average Bonchev–Trinajstić information content (AvgIpc) is 3.11. The molecular formula is C21H27Cl2F3N6O2Si. The zero-order chi connectivity index (χ0) is 25.8. The normalized spacial score (nSPS) is 12.3. The van der Waals surface area contributed by atoms with Crippen LogP contribution in [0.5, 0.6) is 5.88 Å². The van der Waals surface area contributed by atoms with Crippen molar-refractivity contribution in [2.45, 2.75) is 45.0 Å². The number of aromatic nitrogens is 4. The lowest BCUT2D eigenvalue weighted by Gasteiger charge is -2.15. The predicted octanol–water partition coefficient (Wildman–Crippen LogP) is 5.93. The van der Waals surface area contributed by atoms with Crippen LogP contribution in [-0.4, -0.2) is 47.4 Å². The summed E-state index contributed by atoms with van der Waals surface area (Å²) in [6.07, 6.45) is -3.22. The Morgan fingerprint density at radius 3 is 2.54 bits per heavy atom. The molecule has 0 aromatic carbocycles. The molecule has 3 aromatic heterocycles. The molecule has 0 saturated carbocycles. The van der Waals surface area contributed by atoms with Crippen LogP contribution in [0.1, 0.15) is 12.0 Å². The number of anilines is 2. The lowest BCUT2D eigenvalue weighted by atomic mass is 10.2. The van der Waals surface area contributed by atoms with Crippen molar-refractivity contribution in [3.05, 3.63) is 34.3 Å². The Kier molecular flexibility index (Phi) is 8.73. The van der Waals surface area contributed by atoms with Gasteiger partial charge in [-0.1, -0.05) is 31.2 Å². The summed E-state index contributed by atoms with van der Waals surface area (Å²) in [7, 11) is -1.34. The fourth-order valence-corrected chi connectivity index (χ4v) is 4.20. The molecule has 0 saturated heterocycles. The number of nitrogens with zero attached hydrogens (tertiary/aromatic N) is 4. The first-order chi connectivity index (χ1) is 16.3. The monoisotopic (exact) mass is 550 g/mol. The number of fused-ring (bicyclic) bond motifs is 1. The van der Waals surface area contributed by atoms with Gasteiger partial charge in [-0.05, 0) is 36.2 Å². The first-order valence-electron chi connectivity index (χ1n) is 10.8. The third kappa shape index (κ3) is 7.60. The molecule has 0 fully saturated rings. The van der Waals surface area contributed by atoms with E-state index in [1.165, 1.54) is 10.6 Å². The molecule has 3 N–H and O–H groups in total. The Morgan fingerprint density at radius 2 is 1.86 bits per heavy atom. The van der Waals surface area contributed by atoms with E-state index >= 15 is 0 Å². The Bertz CT molecular complexity index is 1170. The van der Waals surface area contributed by atoms with Crippen LogP contribution in [0.4, 0.5) is 24.7 Å². The van der Waals surface area contributed by atoms with Crippen LogP contribution in [0.3, 0.4) is 0 Å². The molecule has 192 valence electrons. The first kappa shape index (κ1) is 27.3. The lowest BCUT2D eigenvalue weighted by molar-refractivity contribution is -0.136. The van der Waals surface area contributed by atoms with Gasteiger partial charge in [0.2, 0.25) is 11.2 Å². The van der Waals surface area contributed by atoms with Crippen molar-refractivity contribution in [1.29, 1.82) is 0 Å². The Labute approximate surface area is 211 Å². The van der Waals surface area contributed by atoms with Gasteiger partial charge in [0.15, 0.2) is 0 Å². The van der Waals surface area contributed by atoms with Crippen molar-refractivity contribution < 1.29 is 22.6 Å². The fourth-order valence-electron chi connectivity index (χ4n) is 3.13. The summed E-state index contributed by atoms with van der Waals surface area (Å²) in [5.41, 5.74) is 5.29. The molecule has 0 radical (unpaired) electrons. The first-order valence-corrected chi connectivity index (χ1v) is 15.3. The maximum absolute atomic E-state index is 13.8. The molecule has 0 bridgehead atoms. The number of rotatable bonds is 11. The van der Waals surface area contributed by atoms with Gasteiger partial charge in [-0.15, -0.1) is 0 Å². The molecule has 0 unspecified atom stereocenters. The second kappa shape index (κ2) is 11.2. The standard InChI is InChI=1S/C21H27Cl2F3N6O2Si/c1-35(2,3)10-9-33-12-32-11-13(21(24,25)26)16-17(30-20(23)31-18(16)32)28-7-4-8-34-19-14(27)5-6-15(22)29-19/h5-6,11H,4,7-10,12,27H2,1-3H3,(H,28,30,31). The molecule has 3 heterocycles. The van der Waals surface area contributed by atoms with E-state index in [0.29, 0.717) is 18.7 Å². The Hall–Kier alpha value is -2.28. The van der Waals surface area contributed by atoms with E-state index < -0.39 is 19.8 Å². The van der Waals surface area contributed by atoms with Gasteiger partial charge in [0, 0.05) is 27.4 Å². The van der Waals surface area contributed by atoms with Crippen molar-refractivity contribution >= 4 is 53.8 Å². The number of ether oxygens (including phenoxy) is 2. The third-order valence-electron chi connectivity index (χ3n) is 4.93. The van der Waals surface area contributed by atoms with Crippen molar-refractivity contribution in [2.75, 3.05) is 30.8 Å². The summed E-state index contributed by atoms with van der Waals surface area (Å²) in [6, 6.07) is 4.00. The second-order valence-electron chi connectivity index (χ2n) is 9.06. The van der Waals surface area contributed by atoms with Gasteiger partial charge >= 0.3 is 6.18 Å². The SMILES string of the molecule is C[Si](C)(C)CCOCn1cc(C(F)(F)F)c2c(NCCCOc3nc(Cl)ccc3N)nc(Cl)nc21. The molecule has 0 aliphatic carbocycles. The molecule has 8 nitrogen and oxygen atoms in total. The topological polar surface area (TPSA) is 100 Å². The smallest absolute Gasteiger partial charge is 0.418 e. The molecule has 0 spiro atoms. The average molecular weight is 551 g/mol. The number of halogens is 5. The quantitative estimate of drug-likeness (QED) is 0.132.